The molecule has 0 aliphatic heterocycles. The fourth-order valence-electron chi connectivity index (χ4n) is 2.23. The SMILES string of the molecule is CN(C)C(=O)CS(=O)(=O)NC1CCc2ccccc21. The molecule has 0 spiro atoms. The van der Waals surface area contributed by atoms with Crippen molar-refractivity contribution in [2.75, 3.05) is 19.8 Å². The van der Waals surface area contributed by atoms with Crippen molar-refractivity contribution in [3.63, 3.8) is 0 Å². The molecule has 5 nitrogen and oxygen atoms in total. The van der Waals surface area contributed by atoms with Crippen LogP contribution in [-0.4, -0.2) is 39.1 Å². The number of sulfonamides is 1. The Labute approximate surface area is 113 Å². The Morgan fingerprint density at radius 2 is 2.05 bits per heavy atom. The van der Waals surface area contributed by atoms with E-state index in [1.54, 1.807) is 14.1 Å². The van der Waals surface area contributed by atoms with Crippen LogP contribution in [0.2, 0.25) is 0 Å². The Bertz CT molecular complexity index is 581. The highest BCUT2D eigenvalue weighted by atomic mass is 32.2. The first kappa shape index (κ1) is 14.0. The summed E-state index contributed by atoms with van der Waals surface area (Å²) >= 11 is 0. The Hall–Kier alpha value is -1.40. The van der Waals surface area contributed by atoms with Gasteiger partial charge >= 0.3 is 0 Å². The lowest BCUT2D eigenvalue weighted by Crippen LogP contribution is -2.37. The molecule has 1 aliphatic rings. The van der Waals surface area contributed by atoms with Gasteiger partial charge in [-0.05, 0) is 24.0 Å². The van der Waals surface area contributed by atoms with E-state index in [1.165, 1.54) is 10.5 Å². The number of amides is 1. The monoisotopic (exact) mass is 282 g/mol. The van der Waals surface area contributed by atoms with E-state index in [4.69, 9.17) is 0 Å². The number of nitrogens with one attached hydrogen (secondary N) is 1. The Kier molecular flexibility index (Phi) is 3.91. The van der Waals surface area contributed by atoms with Gasteiger partial charge in [0.05, 0.1) is 0 Å². The summed E-state index contributed by atoms with van der Waals surface area (Å²) in [6, 6.07) is 7.58. The first-order valence-corrected chi connectivity index (χ1v) is 7.82. The van der Waals surface area contributed by atoms with Gasteiger partial charge in [0.1, 0.15) is 5.75 Å². The summed E-state index contributed by atoms with van der Waals surface area (Å²) in [7, 11) is -0.504. The molecule has 1 aromatic carbocycles. The van der Waals surface area contributed by atoms with E-state index in [9.17, 15) is 13.2 Å². The van der Waals surface area contributed by atoms with E-state index < -0.39 is 21.7 Å². The Morgan fingerprint density at radius 3 is 2.74 bits per heavy atom. The number of hydrogen-bond donors (Lipinski definition) is 1. The molecule has 0 saturated heterocycles. The molecule has 104 valence electrons. The van der Waals surface area contributed by atoms with Crippen LogP contribution in [0.1, 0.15) is 23.6 Å². The van der Waals surface area contributed by atoms with Crippen molar-refractivity contribution in [2.24, 2.45) is 0 Å². The van der Waals surface area contributed by atoms with Gasteiger partial charge in [0.2, 0.25) is 15.9 Å². The molecule has 0 fully saturated rings. The smallest absolute Gasteiger partial charge is 0.238 e. The number of benzene rings is 1. The largest absolute Gasteiger partial charge is 0.348 e. The van der Waals surface area contributed by atoms with Crippen LogP contribution in [0.5, 0.6) is 0 Å². The summed E-state index contributed by atoms with van der Waals surface area (Å²) in [6.07, 6.45) is 1.61. The van der Waals surface area contributed by atoms with Crippen LogP contribution in [-0.2, 0) is 21.2 Å². The fourth-order valence-corrected chi connectivity index (χ4v) is 3.57. The molecule has 1 atom stereocenters. The molecule has 0 bridgehead atoms. The van der Waals surface area contributed by atoms with Crippen molar-refractivity contribution in [3.05, 3.63) is 35.4 Å². The fraction of sp³-hybridized carbons (Fsp3) is 0.462. The third-order valence-corrected chi connectivity index (χ3v) is 4.54. The maximum absolute atomic E-state index is 12.0. The molecular weight excluding hydrogens is 264 g/mol. The van der Waals surface area contributed by atoms with E-state index in [0.29, 0.717) is 0 Å². The predicted molar refractivity (Wildman–Crippen MR) is 73.1 cm³/mol. The van der Waals surface area contributed by atoms with Gasteiger partial charge in [0.25, 0.3) is 0 Å². The molecular formula is C13H18N2O3S. The number of nitrogens with zero attached hydrogens (tertiary/aromatic N) is 1. The maximum atomic E-state index is 12.0. The van der Waals surface area contributed by atoms with Gasteiger partial charge in [-0.3, -0.25) is 4.79 Å². The van der Waals surface area contributed by atoms with Crippen LogP contribution in [0.4, 0.5) is 0 Å². The van der Waals surface area contributed by atoms with Gasteiger partial charge in [0.15, 0.2) is 0 Å². The zero-order chi connectivity index (χ0) is 14.0. The minimum atomic E-state index is -3.59. The lowest BCUT2D eigenvalue weighted by Gasteiger charge is -2.16. The molecule has 6 heteroatoms. The molecule has 1 aromatic rings. The molecule has 1 amide bonds. The highest BCUT2D eigenvalue weighted by Crippen LogP contribution is 2.31. The highest BCUT2D eigenvalue weighted by molar-refractivity contribution is 7.90. The number of aryl methyl sites for hydroxylation is 1. The van der Waals surface area contributed by atoms with Crippen molar-refractivity contribution in [1.82, 2.24) is 9.62 Å². The molecule has 0 heterocycles. The number of carbonyl (C=O) groups is 1. The summed E-state index contributed by atoms with van der Waals surface area (Å²) in [6.45, 7) is 0. The van der Waals surface area contributed by atoms with Gasteiger partial charge in [-0.25, -0.2) is 13.1 Å². The Balaban J connectivity index is 2.08. The van der Waals surface area contributed by atoms with Crippen molar-refractivity contribution >= 4 is 15.9 Å². The first-order chi connectivity index (χ1) is 8.89. The summed E-state index contributed by atoms with van der Waals surface area (Å²) in [5, 5.41) is 0. The molecule has 1 N–H and O–H groups in total. The summed E-state index contributed by atoms with van der Waals surface area (Å²) in [4.78, 5) is 12.8. The minimum absolute atomic E-state index is 0.212. The second-order valence-corrected chi connectivity index (χ2v) is 6.71. The second kappa shape index (κ2) is 5.30. The van der Waals surface area contributed by atoms with E-state index in [2.05, 4.69) is 4.72 Å². The molecule has 0 radical (unpaired) electrons. The van der Waals surface area contributed by atoms with E-state index >= 15 is 0 Å². The number of rotatable bonds is 4. The molecule has 19 heavy (non-hydrogen) atoms. The lowest BCUT2D eigenvalue weighted by atomic mass is 10.1. The van der Waals surface area contributed by atoms with Crippen LogP contribution >= 0.6 is 0 Å². The minimum Gasteiger partial charge on any atom is -0.348 e. The Morgan fingerprint density at radius 1 is 1.37 bits per heavy atom. The summed E-state index contributed by atoms with van der Waals surface area (Å²) in [5.41, 5.74) is 2.19. The average molecular weight is 282 g/mol. The number of carbonyl (C=O) groups excluding carboxylic acids is 1. The van der Waals surface area contributed by atoms with Crippen molar-refractivity contribution in [1.29, 1.82) is 0 Å². The van der Waals surface area contributed by atoms with Crippen LogP contribution < -0.4 is 4.72 Å². The van der Waals surface area contributed by atoms with Crippen molar-refractivity contribution in [2.45, 2.75) is 18.9 Å². The maximum Gasteiger partial charge on any atom is 0.238 e. The second-order valence-electron chi connectivity index (χ2n) is 4.96. The van der Waals surface area contributed by atoms with Crippen LogP contribution in [0.3, 0.4) is 0 Å². The number of hydrogen-bond acceptors (Lipinski definition) is 3. The quantitative estimate of drug-likeness (QED) is 0.883. The van der Waals surface area contributed by atoms with E-state index in [0.717, 1.165) is 18.4 Å². The van der Waals surface area contributed by atoms with Crippen LogP contribution in [0, 0.1) is 0 Å². The average Bonchev–Trinajstić information content (AvgIpc) is 2.71. The zero-order valence-corrected chi connectivity index (χ0v) is 11.9. The van der Waals surface area contributed by atoms with Gasteiger partial charge in [0, 0.05) is 20.1 Å². The lowest BCUT2D eigenvalue weighted by molar-refractivity contribution is -0.125. The summed E-state index contributed by atoms with van der Waals surface area (Å²) in [5.74, 6) is -0.919. The van der Waals surface area contributed by atoms with Crippen LogP contribution in [0.25, 0.3) is 0 Å². The predicted octanol–water partition coefficient (Wildman–Crippen LogP) is 0.681. The van der Waals surface area contributed by atoms with Gasteiger partial charge in [-0.1, -0.05) is 24.3 Å². The highest BCUT2D eigenvalue weighted by Gasteiger charge is 2.27. The zero-order valence-electron chi connectivity index (χ0n) is 11.1. The molecule has 2 rings (SSSR count). The first-order valence-electron chi connectivity index (χ1n) is 6.17. The normalized spacial score (nSPS) is 18.1. The molecule has 0 aromatic heterocycles. The van der Waals surface area contributed by atoms with Gasteiger partial charge in [-0.15, -0.1) is 0 Å². The standard InChI is InChI=1S/C13H18N2O3S/c1-15(2)13(16)9-19(17,18)14-12-8-7-10-5-3-4-6-11(10)12/h3-6,12,14H,7-9H2,1-2H3. The number of fused-ring (bicyclic) bond motifs is 1. The third-order valence-electron chi connectivity index (χ3n) is 3.27. The molecule has 1 unspecified atom stereocenters. The molecule has 1 aliphatic carbocycles. The third kappa shape index (κ3) is 3.33. The van der Waals surface area contributed by atoms with Crippen molar-refractivity contribution in [3.8, 4) is 0 Å². The van der Waals surface area contributed by atoms with E-state index in [1.807, 2.05) is 24.3 Å². The van der Waals surface area contributed by atoms with E-state index in [-0.39, 0.29) is 6.04 Å². The topological polar surface area (TPSA) is 66.5 Å². The van der Waals surface area contributed by atoms with Crippen molar-refractivity contribution < 1.29 is 13.2 Å². The summed E-state index contributed by atoms with van der Waals surface area (Å²) < 4.78 is 26.5. The van der Waals surface area contributed by atoms with Gasteiger partial charge in [-0.2, -0.15) is 0 Å². The van der Waals surface area contributed by atoms with Gasteiger partial charge < -0.3 is 4.90 Å². The van der Waals surface area contributed by atoms with Crippen LogP contribution in [0.15, 0.2) is 24.3 Å². The molecule has 0 saturated carbocycles.